The Labute approximate surface area is 172 Å². The van der Waals surface area contributed by atoms with Crippen LogP contribution >= 0.6 is 0 Å². The fraction of sp³-hybridized carbons (Fsp3) is 0.417. The maximum Gasteiger partial charge on any atom is 0.337 e. The predicted octanol–water partition coefficient (Wildman–Crippen LogP) is 4.83. The van der Waals surface area contributed by atoms with Crippen molar-refractivity contribution in [3.63, 3.8) is 0 Å². The molecule has 2 aromatic rings. The van der Waals surface area contributed by atoms with E-state index in [-0.39, 0.29) is 11.5 Å². The van der Waals surface area contributed by atoms with Crippen molar-refractivity contribution in [3.05, 3.63) is 59.7 Å². The summed E-state index contributed by atoms with van der Waals surface area (Å²) in [6, 6.07) is 15.8. The van der Waals surface area contributed by atoms with Crippen LogP contribution in [0.25, 0.3) is 0 Å². The number of carbonyl (C=O) groups is 2. The first-order valence-corrected chi connectivity index (χ1v) is 10.2. The van der Waals surface area contributed by atoms with Crippen molar-refractivity contribution < 1.29 is 14.7 Å². The van der Waals surface area contributed by atoms with Gasteiger partial charge in [-0.05, 0) is 48.9 Å². The zero-order valence-electron chi connectivity index (χ0n) is 17.4. The molecule has 154 valence electrons. The van der Waals surface area contributed by atoms with Crippen molar-refractivity contribution in [1.82, 2.24) is 0 Å². The van der Waals surface area contributed by atoms with Crippen molar-refractivity contribution in [2.75, 3.05) is 23.3 Å². The number of amides is 1. The van der Waals surface area contributed by atoms with Gasteiger partial charge in [0.25, 0.3) is 0 Å². The first kappa shape index (κ1) is 20.9. The summed E-state index contributed by atoms with van der Waals surface area (Å²) in [6.45, 7) is 7.22. The fourth-order valence-corrected chi connectivity index (χ4v) is 3.67. The number of rotatable bonds is 5. The fourth-order valence-electron chi connectivity index (χ4n) is 3.67. The number of nitrogens with zero attached hydrogens (tertiary/aromatic N) is 1. The molecule has 29 heavy (non-hydrogen) atoms. The highest BCUT2D eigenvalue weighted by Gasteiger charge is 2.25. The summed E-state index contributed by atoms with van der Waals surface area (Å²) in [5, 5.41) is 12.4. The average molecular weight is 395 g/mol. The number of piperidine rings is 1. The Balaban J connectivity index is 1.68. The van der Waals surface area contributed by atoms with E-state index in [1.54, 1.807) is 32.9 Å². The molecule has 1 aliphatic rings. The van der Waals surface area contributed by atoms with Gasteiger partial charge in [0, 0.05) is 24.2 Å². The number of hydrogen-bond donors (Lipinski definition) is 2. The zero-order chi connectivity index (χ0) is 21.0. The van der Waals surface area contributed by atoms with E-state index in [4.69, 9.17) is 0 Å². The van der Waals surface area contributed by atoms with Crippen LogP contribution in [0.1, 0.15) is 49.5 Å². The number of carbonyl (C=O) groups excluding carboxylic acids is 1. The van der Waals surface area contributed by atoms with Crippen LogP contribution in [0, 0.1) is 11.3 Å². The molecular formula is C24H30N2O3. The minimum atomic E-state index is -1.03. The second kappa shape index (κ2) is 8.68. The Hall–Kier alpha value is -2.82. The van der Waals surface area contributed by atoms with Crippen LogP contribution in [0.3, 0.4) is 0 Å². The maximum absolute atomic E-state index is 12.3. The lowest BCUT2D eigenvalue weighted by atomic mass is 9.90. The van der Waals surface area contributed by atoms with Crippen LogP contribution in [0.5, 0.6) is 0 Å². The molecule has 1 saturated heterocycles. The van der Waals surface area contributed by atoms with Crippen molar-refractivity contribution in [3.8, 4) is 0 Å². The molecule has 1 amide bonds. The van der Waals surface area contributed by atoms with Crippen molar-refractivity contribution in [2.24, 2.45) is 11.3 Å². The minimum absolute atomic E-state index is 0.131. The molecule has 0 aromatic heterocycles. The van der Waals surface area contributed by atoms with Gasteiger partial charge in [-0.15, -0.1) is 0 Å². The van der Waals surface area contributed by atoms with E-state index < -0.39 is 11.4 Å². The zero-order valence-corrected chi connectivity index (χ0v) is 17.4. The monoisotopic (exact) mass is 394 g/mol. The summed E-state index contributed by atoms with van der Waals surface area (Å²) in [5.74, 6) is -0.581. The molecule has 0 atom stereocenters. The normalized spacial score (nSPS) is 15.2. The standard InChI is InChI=1S/C24H30N2O3/c1-24(2,3)23(29)25-21-10-9-19(16-20(21)22(27)28)26-13-11-18(12-14-26)15-17-7-5-4-6-8-17/h4-10,16,18H,11-15H2,1-3H3,(H,25,29)(H,27,28). The number of aromatic carboxylic acids is 1. The Morgan fingerprint density at radius 2 is 1.72 bits per heavy atom. The Morgan fingerprint density at radius 1 is 1.07 bits per heavy atom. The number of carboxylic acids is 1. The van der Waals surface area contributed by atoms with Gasteiger partial charge in [0.2, 0.25) is 5.91 Å². The van der Waals surface area contributed by atoms with Crippen molar-refractivity contribution in [2.45, 2.75) is 40.0 Å². The summed E-state index contributed by atoms with van der Waals surface area (Å²) in [5.41, 5.74) is 2.16. The summed E-state index contributed by atoms with van der Waals surface area (Å²) >= 11 is 0. The van der Waals surface area contributed by atoms with Gasteiger partial charge in [-0.25, -0.2) is 4.79 Å². The van der Waals surface area contributed by atoms with E-state index in [0.29, 0.717) is 11.6 Å². The van der Waals surface area contributed by atoms with Gasteiger partial charge < -0.3 is 15.3 Å². The molecule has 5 heteroatoms. The summed E-state index contributed by atoms with van der Waals surface area (Å²) in [4.78, 5) is 26.3. The molecular weight excluding hydrogens is 364 g/mol. The third kappa shape index (κ3) is 5.37. The topological polar surface area (TPSA) is 69.6 Å². The molecule has 0 saturated carbocycles. The average Bonchev–Trinajstić information content (AvgIpc) is 2.69. The van der Waals surface area contributed by atoms with E-state index in [1.165, 1.54) is 5.56 Å². The first-order valence-electron chi connectivity index (χ1n) is 10.2. The van der Waals surface area contributed by atoms with Gasteiger partial charge in [-0.3, -0.25) is 4.79 Å². The van der Waals surface area contributed by atoms with Crippen LogP contribution in [-0.4, -0.2) is 30.1 Å². The number of anilines is 2. The number of carboxylic acid groups (broad SMARTS) is 1. The Morgan fingerprint density at radius 3 is 2.31 bits per heavy atom. The number of nitrogens with one attached hydrogen (secondary N) is 1. The van der Waals surface area contributed by atoms with Crippen LogP contribution in [0.2, 0.25) is 0 Å². The molecule has 1 fully saturated rings. The number of hydrogen-bond acceptors (Lipinski definition) is 3. The van der Waals surface area contributed by atoms with Crippen LogP contribution in [0.15, 0.2) is 48.5 Å². The molecule has 0 radical (unpaired) electrons. The second-order valence-corrected chi connectivity index (χ2v) is 8.86. The summed E-state index contributed by atoms with van der Waals surface area (Å²) < 4.78 is 0. The van der Waals surface area contributed by atoms with Gasteiger partial charge in [-0.1, -0.05) is 51.1 Å². The van der Waals surface area contributed by atoms with E-state index in [9.17, 15) is 14.7 Å². The van der Waals surface area contributed by atoms with E-state index in [2.05, 4.69) is 34.5 Å². The lowest BCUT2D eigenvalue weighted by Gasteiger charge is -2.34. The van der Waals surface area contributed by atoms with Gasteiger partial charge in [0.15, 0.2) is 0 Å². The van der Waals surface area contributed by atoms with Crippen LogP contribution < -0.4 is 10.2 Å². The highest BCUT2D eigenvalue weighted by Crippen LogP contribution is 2.29. The third-order valence-corrected chi connectivity index (χ3v) is 5.51. The molecule has 3 rings (SSSR count). The van der Waals surface area contributed by atoms with Gasteiger partial charge >= 0.3 is 5.97 Å². The van der Waals surface area contributed by atoms with Crippen molar-refractivity contribution >= 4 is 23.3 Å². The third-order valence-electron chi connectivity index (χ3n) is 5.51. The predicted molar refractivity (Wildman–Crippen MR) is 117 cm³/mol. The molecule has 0 unspecified atom stereocenters. The quantitative estimate of drug-likeness (QED) is 0.762. The highest BCUT2D eigenvalue weighted by molar-refractivity contribution is 6.02. The van der Waals surface area contributed by atoms with E-state index in [0.717, 1.165) is 38.0 Å². The number of benzene rings is 2. The molecule has 1 heterocycles. The Kier molecular flexibility index (Phi) is 6.26. The van der Waals surface area contributed by atoms with Crippen LogP contribution in [-0.2, 0) is 11.2 Å². The van der Waals surface area contributed by atoms with Gasteiger partial charge in [0.05, 0.1) is 11.3 Å². The minimum Gasteiger partial charge on any atom is -0.478 e. The molecule has 5 nitrogen and oxygen atoms in total. The smallest absolute Gasteiger partial charge is 0.337 e. The molecule has 0 aliphatic carbocycles. The molecule has 1 aliphatic heterocycles. The second-order valence-electron chi connectivity index (χ2n) is 8.86. The molecule has 0 spiro atoms. The molecule has 2 N–H and O–H groups in total. The van der Waals surface area contributed by atoms with Gasteiger partial charge in [0.1, 0.15) is 0 Å². The molecule has 2 aromatic carbocycles. The Bertz CT molecular complexity index is 863. The maximum atomic E-state index is 12.3. The van der Waals surface area contributed by atoms with Gasteiger partial charge in [-0.2, -0.15) is 0 Å². The van der Waals surface area contributed by atoms with E-state index >= 15 is 0 Å². The summed E-state index contributed by atoms with van der Waals surface area (Å²) in [6.07, 6.45) is 3.26. The highest BCUT2D eigenvalue weighted by atomic mass is 16.4. The lowest BCUT2D eigenvalue weighted by Crippen LogP contribution is -2.34. The SMILES string of the molecule is CC(C)(C)C(=O)Nc1ccc(N2CCC(Cc3ccccc3)CC2)cc1C(=O)O. The largest absolute Gasteiger partial charge is 0.478 e. The van der Waals surface area contributed by atoms with E-state index in [1.807, 2.05) is 12.1 Å². The summed E-state index contributed by atoms with van der Waals surface area (Å²) in [7, 11) is 0. The van der Waals surface area contributed by atoms with Crippen molar-refractivity contribution in [1.29, 1.82) is 0 Å². The molecule has 0 bridgehead atoms. The lowest BCUT2D eigenvalue weighted by molar-refractivity contribution is -0.123. The first-order chi connectivity index (χ1) is 13.7. The van der Waals surface area contributed by atoms with Crippen LogP contribution in [0.4, 0.5) is 11.4 Å².